The van der Waals surface area contributed by atoms with E-state index in [9.17, 15) is 19.2 Å². The molecule has 3 atom stereocenters. The zero-order valence-electron chi connectivity index (χ0n) is 25.3. The van der Waals surface area contributed by atoms with Gasteiger partial charge in [0.05, 0.1) is 31.2 Å². The number of amides is 3. The molecule has 3 saturated heterocycles. The lowest BCUT2D eigenvalue weighted by Gasteiger charge is -2.52. The van der Waals surface area contributed by atoms with Gasteiger partial charge in [0.25, 0.3) is 5.91 Å². The third-order valence-corrected chi connectivity index (χ3v) is 11.5. The van der Waals surface area contributed by atoms with Gasteiger partial charge in [-0.15, -0.1) is 11.3 Å². The first kappa shape index (κ1) is 29.5. The van der Waals surface area contributed by atoms with Gasteiger partial charge in [-0.2, -0.15) is 0 Å². The van der Waals surface area contributed by atoms with Crippen molar-refractivity contribution in [2.75, 3.05) is 59.5 Å². The van der Waals surface area contributed by atoms with E-state index in [1.807, 2.05) is 9.80 Å². The van der Waals surface area contributed by atoms with E-state index >= 15 is 0 Å². The SMILES string of the molecule is COC(=O)CC1CN(C(=O)[C@@H]2CN(C(=O)c3cncs3)CC23CN(C(=O)[C@H]2CC2(C)C)C3)CCN1CC1CCCCC1. The van der Waals surface area contributed by atoms with E-state index in [1.165, 1.54) is 50.6 Å². The van der Waals surface area contributed by atoms with Gasteiger partial charge in [-0.25, -0.2) is 0 Å². The lowest BCUT2D eigenvalue weighted by molar-refractivity contribution is -0.157. The summed E-state index contributed by atoms with van der Waals surface area (Å²) >= 11 is 1.31. The molecule has 1 unspecified atom stereocenters. The van der Waals surface area contributed by atoms with Gasteiger partial charge >= 0.3 is 5.97 Å². The van der Waals surface area contributed by atoms with Crippen LogP contribution in [0.3, 0.4) is 0 Å². The maximum Gasteiger partial charge on any atom is 0.307 e. The lowest BCUT2D eigenvalue weighted by Crippen LogP contribution is -2.65. The van der Waals surface area contributed by atoms with Crippen molar-refractivity contribution in [3.63, 3.8) is 0 Å². The Morgan fingerprint density at radius 1 is 0.952 bits per heavy atom. The van der Waals surface area contributed by atoms with Crippen molar-refractivity contribution in [3.05, 3.63) is 16.6 Å². The molecule has 0 N–H and O–H groups in total. The number of aromatic nitrogens is 1. The minimum absolute atomic E-state index is 0.0423. The number of hydrogen-bond acceptors (Lipinski definition) is 8. The monoisotopic (exact) mass is 599 g/mol. The van der Waals surface area contributed by atoms with Crippen LogP contribution in [0.5, 0.6) is 0 Å². The summed E-state index contributed by atoms with van der Waals surface area (Å²) in [6.07, 6.45) is 9.04. The summed E-state index contributed by atoms with van der Waals surface area (Å²) in [4.78, 5) is 66.0. The standard InChI is InChI=1S/C31H45N5O5S/c1-30(2)12-23(30)27(38)36-18-31(19-36)17-35(29(40)25-13-32-20-42-25)16-24(31)28(39)34-10-9-33(14-21-7-5-4-6-8-21)22(15-34)11-26(37)41-3/h13,20-24H,4-12,14-19H2,1-3H3/t22?,23-,24+/m1/s1. The quantitative estimate of drug-likeness (QED) is 0.444. The highest BCUT2D eigenvalue weighted by Crippen LogP contribution is 2.55. The zero-order chi connectivity index (χ0) is 29.6. The Kier molecular flexibility index (Phi) is 8.10. The number of carbonyl (C=O) groups excluding carboxylic acids is 4. The minimum Gasteiger partial charge on any atom is -0.469 e. The molecular weight excluding hydrogens is 554 g/mol. The Balaban J connectivity index is 1.17. The van der Waals surface area contributed by atoms with Crippen LogP contribution in [0.4, 0.5) is 0 Å². The summed E-state index contributed by atoms with van der Waals surface area (Å²) in [5.74, 6) is 0.185. The Morgan fingerprint density at radius 2 is 1.64 bits per heavy atom. The van der Waals surface area contributed by atoms with Crippen LogP contribution in [0.1, 0.15) is 68.5 Å². The smallest absolute Gasteiger partial charge is 0.307 e. The normalized spacial score (nSPS) is 28.9. The molecule has 2 aliphatic carbocycles. The topological polar surface area (TPSA) is 103 Å². The number of rotatable bonds is 7. The van der Waals surface area contributed by atoms with Crippen LogP contribution in [0.15, 0.2) is 11.7 Å². The summed E-state index contributed by atoms with van der Waals surface area (Å²) in [6, 6.07) is -0.0825. The van der Waals surface area contributed by atoms with Crippen LogP contribution in [0, 0.1) is 28.6 Å². The minimum atomic E-state index is -0.441. The number of ether oxygens (including phenoxy) is 1. The third-order valence-electron chi connectivity index (χ3n) is 10.8. The van der Waals surface area contributed by atoms with Crippen molar-refractivity contribution >= 4 is 35.0 Å². The van der Waals surface area contributed by atoms with Crippen LogP contribution in [-0.2, 0) is 19.1 Å². The van der Waals surface area contributed by atoms with Gasteiger partial charge in [-0.3, -0.25) is 29.1 Å². The van der Waals surface area contributed by atoms with Crippen molar-refractivity contribution in [3.8, 4) is 0 Å². The summed E-state index contributed by atoms with van der Waals surface area (Å²) < 4.78 is 5.04. The van der Waals surface area contributed by atoms with Crippen LogP contribution in [-0.4, -0.2) is 114 Å². The van der Waals surface area contributed by atoms with Crippen LogP contribution >= 0.6 is 11.3 Å². The largest absolute Gasteiger partial charge is 0.469 e. The summed E-state index contributed by atoms with van der Waals surface area (Å²) in [5, 5.41) is 0. The molecule has 3 amide bonds. The van der Waals surface area contributed by atoms with E-state index < -0.39 is 5.41 Å². The second-order valence-electron chi connectivity index (χ2n) is 14.1. The van der Waals surface area contributed by atoms with Gasteiger partial charge in [0.15, 0.2) is 0 Å². The molecule has 10 nitrogen and oxygen atoms in total. The van der Waals surface area contributed by atoms with Gasteiger partial charge in [-0.05, 0) is 30.6 Å². The number of carbonyl (C=O) groups is 4. The molecule has 5 aliphatic rings. The van der Waals surface area contributed by atoms with Gasteiger partial charge in [-0.1, -0.05) is 33.1 Å². The Morgan fingerprint density at radius 3 is 2.29 bits per heavy atom. The molecular formula is C31H45N5O5S. The average Bonchev–Trinajstić information content (AvgIpc) is 3.34. The fourth-order valence-corrected chi connectivity index (χ4v) is 8.55. The van der Waals surface area contributed by atoms with Gasteiger partial charge in [0, 0.05) is 69.7 Å². The summed E-state index contributed by atoms with van der Waals surface area (Å²) in [6.45, 7) is 8.86. The highest BCUT2D eigenvalue weighted by Gasteiger charge is 2.62. The molecule has 0 aromatic carbocycles. The van der Waals surface area contributed by atoms with Gasteiger partial charge in [0.2, 0.25) is 11.8 Å². The molecule has 0 radical (unpaired) electrons. The molecule has 42 heavy (non-hydrogen) atoms. The van der Waals surface area contributed by atoms with Gasteiger partial charge < -0.3 is 19.4 Å². The van der Waals surface area contributed by atoms with Crippen molar-refractivity contribution in [1.29, 1.82) is 0 Å². The molecule has 5 fully saturated rings. The van der Waals surface area contributed by atoms with Crippen LogP contribution in [0.25, 0.3) is 0 Å². The molecule has 4 heterocycles. The summed E-state index contributed by atoms with van der Waals surface area (Å²) in [7, 11) is 1.42. The van der Waals surface area contributed by atoms with Crippen molar-refractivity contribution < 1.29 is 23.9 Å². The number of likely N-dealkylation sites (tertiary alicyclic amines) is 2. The van der Waals surface area contributed by atoms with Crippen LogP contribution < -0.4 is 0 Å². The maximum atomic E-state index is 14.3. The molecule has 11 heteroatoms. The molecule has 3 aliphatic heterocycles. The van der Waals surface area contributed by atoms with E-state index in [-0.39, 0.29) is 53.4 Å². The predicted molar refractivity (Wildman–Crippen MR) is 158 cm³/mol. The number of methoxy groups -OCH3 is 1. The predicted octanol–water partition coefficient (Wildman–Crippen LogP) is 2.75. The summed E-state index contributed by atoms with van der Waals surface area (Å²) in [5.41, 5.74) is 1.26. The van der Waals surface area contributed by atoms with E-state index in [0.717, 1.165) is 19.5 Å². The van der Waals surface area contributed by atoms with Crippen molar-refractivity contribution in [1.82, 2.24) is 24.6 Å². The molecule has 2 saturated carbocycles. The number of esters is 1. The molecule has 0 bridgehead atoms. The second kappa shape index (κ2) is 11.5. The van der Waals surface area contributed by atoms with E-state index in [2.05, 4.69) is 23.7 Å². The first-order chi connectivity index (χ1) is 20.1. The molecule has 1 spiro atoms. The number of hydrogen-bond donors (Lipinski definition) is 0. The molecule has 6 rings (SSSR count). The van der Waals surface area contributed by atoms with Crippen LogP contribution in [0.2, 0.25) is 0 Å². The highest BCUT2D eigenvalue weighted by atomic mass is 32.1. The highest BCUT2D eigenvalue weighted by molar-refractivity contribution is 7.11. The molecule has 1 aromatic heterocycles. The van der Waals surface area contributed by atoms with E-state index in [4.69, 9.17) is 4.74 Å². The lowest BCUT2D eigenvalue weighted by atomic mass is 9.70. The molecule has 1 aromatic rings. The van der Waals surface area contributed by atoms with Crippen molar-refractivity contribution in [2.24, 2.45) is 28.6 Å². The number of piperazine rings is 1. The van der Waals surface area contributed by atoms with Gasteiger partial charge in [0.1, 0.15) is 4.88 Å². The van der Waals surface area contributed by atoms with E-state index in [0.29, 0.717) is 50.1 Å². The first-order valence-electron chi connectivity index (χ1n) is 15.7. The Bertz CT molecular complexity index is 1190. The zero-order valence-corrected chi connectivity index (χ0v) is 26.1. The first-order valence-corrected chi connectivity index (χ1v) is 16.5. The fraction of sp³-hybridized carbons (Fsp3) is 0.774. The third kappa shape index (κ3) is 5.70. The Hall–Kier alpha value is -2.53. The second-order valence-corrected chi connectivity index (χ2v) is 15.0. The average molecular weight is 600 g/mol. The number of nitrogens with zero attached hydrogens (tertiary/aromatic N) is 5. The van der Waals surface area contributed by atoms with Crippen molar-refractivity contribution in [2.45, 2.75) is 64.8 Å². The number of thiazole rings is 1. The molecule has 230 valence electrons. The van der Waals surface area contributed by atoms with E-state index in [1.54, 1.807) is 16.6 Å². The maximum absolute atomic E-state index is 14.3. The fourth-order valence-electron chi connectivity index (χ4n) is 7.96. The Labute approximate surface area is 252 Å².